The predicted molar refractivity (Wildman–Crippen MR) is 95.4 cm³/mol. The molecule has 0 spiro atoms. The van der Waals surface area contributed by atoms with Crippen molar-refractivity contribution in [2.45, 2.75) is 25.8 Å². The molecule has 0 aliphatic rings. The SMILES string of the molecule is CN(C(=O)CCNC(=O)c1ccc2ccccc2c1)C(C)(C)C(=O)O. The molecule has 0 aliphatic heterocycles. The van der Waals surface area contributed by atoms with Crippen molar-refractivity contribution in [3.63, 3.8) is 0 Å². The number of amides is 2. The summed E-state index contributed by atoms with van der Waals surface area (Å²) in [6.07, 6.45) is 0.0343. The molecule has 0 radical (unpaired) electrons. The lowest BCUT2D eigenvalue weighted by Crippen LogP contribution is -2.51. The minimum atomic E-state index is -1.29. The van der Waals surface area contributed by atoms with E-state index in [4.69, 9.17) is 5.11 Å². The van der Waals surface area contributed by atoms with E-state index >= 15 is 0 Å². The Labute approximate surface area is 146 Å². The van der Waals surface area contributed by atoms with Gasteiger partial charge in [-0.25, -0.2) is 4.79 Å². The van der Waals surface area contributed by atoms with E-state index in [1.54, 1.807) is 12.1 Å². The number of carboxylic acids is 1. The molecule has 0 fully saturated rings. The zero-order valence-electron chi connectivity index (χ0n) is 14.6. The number of hydrogen-bond acceptors (Lipinski definition) is 3. The summed E-state index contributed by atoms with van der Waals surface area (Å²) < 4.78 is 0. The van der Waals surface area contributed by atoms with Gasteiger partial charge < -0.3 is 15.3 Å². The van der Waals surface area contributed by atoms with Gasteiger partial charge >= 0.3 is 5.97 Å². The molecule has 2 rings (SSSR count). The van der Waals surface area contributed by atoms with E-state index in [2.05, 4.69) is 5.32 Å². The maximum absolute atomic E-state index is 12.2. The number of nitrogens with one attached hydrogen (secondary N) is 1. The summed E-state index contributed by atoms with van der Waals surface area (Å²) >= 11 is 0. The standard InChI is InChI=1S/C19H22N2O4/c1-19(2,18(24)25)21(3)16(22)10-11-20-17(23)15-9-8-13-6-4-5-7-14(13)12-15/h4-9,12H,10-11H2,1-3H3,(H,20,23)(H,24,25). The van der Waals surface area contributed by atoms with Gasteiger partial charge in [0, 0.05) is 25.6 Å². The van der Waals surface area contributed by atoms with Crippen LogP contribution in [0.15, 0.2) is 42.5 Å². The van der Waals surface area contributed by atoms with E-state index in [1.807, 2.05) is 30.3 Å². The van der Waals surface area contributed by atoms with E-state index in [1.165, 1.54) is 25.8 Å². The third-order valence-electron chi connectivity index (χ3n) is 4.37. The first-order valence-corrected chi connectivity index (χ1v) is 8.00. The molecule has 0 unspecified atom stereocenters. The molecule has 2 aromatic rings. The lowest BCUT2D eigenvalue weighted by atomic mass is 10.0. The van der Waals surface area contributed by atoms with Crippen LogP contribution >= 0.6 is 0 Å². The third kappa shape index (κ3) is 4.15. The van der Waals surface area contributed by atoms with E-state index < -0.39 is 11.5 Å². The van der Waals surface area contributed by atoms with Gasteiger partial charge in [-0.15, -0.1) is 0 Å². The number of fused-ring (bicyclic) bond motifs is 1. The highest BCUT2D eigenvalue weighted by Crippen LogP contribution is 2.16. The van der Waals surface area contributed by atoms with E-state index in [0.29, 0.717) is 5.56 Å². The van der Waals surface area contributed by atoms with Crippen LogP contribution in [0.5, 0.6) is 0 Å². The Morgan fingerprint density at radius 1 is 1.08 bits per heavy atom. The number of aliphatic carboxylic acids is 1. The lowest BCUT2D eigenvalue weighted by Gasteiger charge is -2.31. The molecule has 2 amide bonds. The fraction of sp³-hybridized carbons (Fsp3) is 0.316. The first-order valence-electron chi connectivity index (χ1n) is 8.00. The molecule has 132 valence electrons. The second-order valence-corrected chi connectivity index (χ2v) is 6.38. The van der Waals surface area contributed by atoms with Crippen molar-refractivity contribution in [1.82, 2.24) is 10.2 Å². The molecule has 0 saturated carbocycles. The second kappa shape index (κ2) is 7.34. The van der Waals surface area contributed by atoms with Crippen molar-refractivity contribution in [2.24, 2.45) is 0 Å². The first kappa shape index (κ1) is 18.4. The Kier molecular flexibility index (Phi) is 5.41. The maximum atomic E-state index is 12.2. The number of carbonyl (C=O) groups excluding carboxylic acids is 2. The summed E-state index contributed by atoms with van der Waals surface area (Å²) in [5, 5.41) is 13.9. The molecular formula is C19H22N2O4. The molecule has 0 saturated heterocycles. The van der Waals surface area contributed by atoms with Crippen LogP contribution in [0, 0.1) is 0 Å². The minimum Gasteiger partial charge on any atom is -0.480 e. The fourth-order valence-electron chi connectivity index (χ4n) is 2.34. The topological polar surface area (TPSA) is 86.7 Å². The summed E-state index contributed by atoms with van der Waals surface area (Å²) in [6.45, 7) is 3.06. The number of carboxylic acid groups (broad SMARTS) is 1. The van der Waals surface area contributed by atoms with Crippen molar-refractivity contribution in [2.75, 3.05) is 13.6 Å². The quantitative estimate of drug-likeness (QED) is 0.843. The van der Waals surface area contributed by atoms with Gasteiger partial charge in [0.05, 0.1) is 0 Å². The van der Waals surface area contributed by atoms with Gasteiger partial charge in [0.15, 0.2) is 0 Å². The van der Waals surface area contributed by atoms with Gasteiger partial charge in [0.25, 0.3) is 5.91 Å². The fourth-order valence-corrected chi connectivity index (χ4v) is 2.34. The minimum absolute atomic E-state index is 0.0343. The second-order valence-electron chi connectivity index (χ2n) is 6.38. The average Bonchev–Trinajstić information content (AvgIpc) is 2.60. The number of rotatable bonds is 6. The molecule has 6 heteroatoms. The number of benzene rings is 2. The lowest BCUT2D eigenvalue weighted by molar-refractivity contribution is -0.155. The summed E-state index contributed by atoms with van der Waals surface area (Å²) in [5.74, 6) is -1.69. The Balaban J connectivity index is 1.93. The smallest absolute Gasteiger partial charge is 0.329 e. The van der Waals surface area contributed by atoms with Crippen LogP contribution in [0.3, 0.4) is 0 Å². The van der Waals surface area contributed by atoms with E-state index in [0.717, 1.165) is 10.8 Å². The molecule has 0 aliphatic carbocycles. The van der Waals surface area contributed by atoms with Gasteiger partial charge in [0.1, 0.15) is 5.54 Å². The van der Waals surface area contributed by atoms with Crippen molar-refractivity contribution in [3.8, 4) is 0 Å². The van der Waals surface area contributed by atoms with Gasteiger partial charge in [-0.1, -0.05) is 30.3 Å². The van der Waals surface area contributed by atoms with Gasteiger partial charge in [0.2, 0.25) is 5.91 Å². The largest absolute Gasteiger partial charge is 0.480 e. The summed E-state index contributed by atoms with van der Waals surface area (Å²) in [4.78, 5) is 36.7. The van der Waals surface area contributed by atoms with Crippen molar-refractivity contribution < 1.29 is 19.5 Å². The summed E-state index contributed by atoms with van der Waals surface area (Å²) in [7, 11) is 1.45. The van der Waals surface area contributed by atoms with Crippen LogP contribution in [0.2, 0.25) is 0 Å². The molecule has 0 bridgehead atoms. The Morgan fingerprint density at radius 3 is 2.36 bits per heavy atom. The molecule has 0 heterocycles. The molecular weight excluding hydrogens is 320 g/mol. The number of hydrogen-bond donors (Lipinski definition) is 2. The molecule has 2 aromatic carbocycles. The van der Waals surface area contributed by atoms with Crippen LogP contribution in [0.25, 0.3) is 10.8 Å². The predicted octanol–water partition coefficient (Wildman–Crippen LogP) is 2.28. The van der Waals surface area contributed by atoms with Crippen LogP contribution in [0.1, 0.15) is 30.6 Å². The summed E-state index contributed by atoms with van der Waals surface area (Å²) in [6, 6.07) is 13.1. The molecule has 6 nitrogen and oxygen atoms in total. The van der Waals surface area contributed by atoms with Gasteiger partial charge in [-0.3, -0.25) is 9.59 Å². The van der Waals surface area contributed by atoms with Crippen molar-refractivity contribution in [3.05, 3.63) is 48.0 Å². The first-order chi connectivity index (χ1) is 11.7. The zero-order valence-corrected chi connectivity index (χ0v) is 14.6. The Bertz CT molecular complexity index is 814. The van der Waals surface area contributed by atoms with Crippen LogP contribution in [-0.4, -0.2) is 46.9 Å². The Morgan fingerprint density at radius 2 is 1.72 bits per heavy atom. The van der Waals surface area contributed by atoms with Crippen LogP contribution < -0.4 is 5.32 Å². The highest BCUT2D eigenvalue weighted by molar-refractivity contribution is 5.98. The van der Waals surface area contributed by atoms with Gasteiger partial charge in [-0.2, -0.15) is 0 Å². The van der Waals surface area contributed by atoms with Gasteiger partial charge in [-0.05, 0) is 36.8 Å². The third-order valence-corrected chi connectivity index (χ3v) is 4.37. The van der Waals surface area contributed by atoms with Crippen molar-refractivity contribution >= 4 is 28.6 Å². The average molecular weight is 342 g/mol. The van der Waals surface area contributed by atoms with E-state index in [9.17, 15) is 14.4 Å². The number of carbonyl (C=O) groups is 3. The molecule has 2 N–H and O–H groups in total. The number of nitrogens with zero attached hydrogens (tertiary/aromatic N) is 1. The normalized spacial score (nSPS) is 11.2. The Hall–Kier alpha value is -2.89. The monoisotopic (exact) mass is 342 g/mol. The zero-order chi connectivity index (χ0) is 18.6. The van der Waals surface area contributed by atoms with Crippen molar-refractivity contribution in [1.29, 1.82) is 0 Å². The molecule has 0 aromatic heterocycles. The highest BCUT2D eigenvalue weighted by atomic mass is 16.4. The van der Waals surface area contributed by atoms with Crippen LogP contribution in [0.4, 0.5) is 0 Å². The highest BCUT2D eigenvalue weighted by Gasteiger charge is 2.34. The number of likely N-dealkylation sites (N-methyl/N-ethyl adjacent to an activating group) is 1. The molecule has 0 atom stereocenters. The van der Waals surface area contributed by atoms with E-state index in [-0.39, 0.29) is 24.8 Å². The van der Waals surface area contributed by atoms with Crippen LogP contribution in [-0.2, 0) is 9.59 Å². The maximum Gasteiger partial charge on any atom is 0.329 e. The summed E-state index contributed by atoms with van der Waals surface area (Å²) in [5.41, 5.74) is -0.773. The molecule has 25 heavy (non-hydrogen) atoms.